The molecular weight excluding hydrogens is 286 g/mol. The highest BCUT2D eigenvalue weighted by molar-refractivity contribution is 5.80. The van der Waals surface area contributed by atoms with Gasteiger partial charge in [0, 0.05) is 40.2 Å². The van der Waals surface area contributed by atoms with Gasteiger partial charge in [-0.05, 0) is 25.2 Å². The fraction of sp³-hybridized carbons (Fsp3) is 0.800. The molecule has 0 aromatic heterocycles. The van der Waals surface area contributed by atoms with E-state index in [0.717, 1.165) is 12.8 Å². The Morgan fingerprint density at radius 2 is 2.09 bits per heavy atom. The zero-order valence-electron chi connectivity index (χ0n) is 13.3. The number of urea groups is 1. The monoisotopic (exact) mass is 311 g/mol. The summed E-state index contributed by atoms with van der Waals surface area (Å²) < 4.78 is 0. The van der Waals surface area contributed by atoms with Gasteiger partial charge < -0.3 is 20.2 Å². The van der Waals surface area contributed by atoms with Crippen LogP contribution in [0.4, 0.5) is 4.79 Å². The third-order valence-corrected chi connectivity index (χ3v) is 4.93. The summed E-state index contributed by atoms with van der Waals surface area (Å²) in [5.74, 6) is -0.664. The van der Waals surface area contributed by atoms with Crippen molar-refractivity contribution < 1.29 is 19.5 Å². The van der Waals surface area contributed by atoms with Gasteiger partial charge >= 0.3 is 12.0 Å². The van der Waals surface area contributed by atoms with Crippen LogP contribution in [0.3, 0.4) is 0 Å². The number of hydrogen-bond donors (Lipinski definition) is 2. The van der Waals surface area contributed by atoms with Gasteiger partial charge in [-0.3, -0.25) is 9.59 Å². The van der Waals surface area contributed by atoms with Crippen molar-refractivity contribution in [2.75, 3.05) is 33.7 Å². The Kier molecular flexibility index (Phi) is 4.93. The van der Waals surface area contributed by atoms with Crippen LogP contribution in [0.25, 0.3) is 0 Å². The molecule has 7 heteroatoms. The van der Waals surface area contributed by atoms with Gasteiger partial charge in [0.15, 0.2) is 0 Å². The highest BCUT2D eigenvalue weighted by atomic mass is 16.4. The molecule has 22 heavy (non-hydrogen) atoms. The van der Waals surface area contributed by atoms with Crippen LogP contribution in [0.15, 0.2) is 0 Å². The maximum Gasteiger partial charge on any atom is 0.317 e. The number of carbonyl (C=O) groups is 3. The zero-order valence-corrected chi connectivity index (χ0v) is 13.3. The molecule has 2 N–H and O–H groups in total. The van der Waals surface area contributed by atoms with E-state index in [4.69, 9.17) is 0 Å². The molecule has 1 saturated heterocycles. The van der Waals surface area contributed by atoms with Crippen molar-refractivity contribution in [3.8, 4) is 0 Å². The number of likely N-dealkylation sites (tertiary alicyclic amines) is 1. The van der Waals surface area contributed by atoms with Crippen molar-refractivity contribution in [3.05, 3.63) is 0 Å². The quantitative estimate of drug-likeness (QED) is 0.733. The lowest BCUT2D eigenvalue weighted by Gasteiger charge is -2.23. The number of rotatable bonds is 5. The Balaban J connectivity index is 1.78. The van der Waals surface area contributed by atoms with E-state index in [1.54, 1.807) is 19.0 Å². The van der Waals surface area contributed by atoms with Gasteiger partial charge in [-0.25, -0.2) is 4.79 Å². The summed E-state index contributed by atoms with van der Waals surface area (Å²) in [7, 11) is 3.41. The molecule has 1 saturated carbocycles. The first-order chi connectivity index (χ1) is 10.4. The number of aliphatic carboxylic acids is 1. The van der Waals surface area contributed by atoms with E-state index in [-0.39, 0.29) is 17.9 Å². The van der Waals surface area contributed by atoms with Crippen molar-refractivity contribution in [2.24, 2.45) is 11.3 Å². The Hall–Kier alpha value is -1.79. The minimum absolute atomic E-state index is 0.0368. The minimum atomic E-state index is -0.776. The SMILES string of the molecule is CN(C)C(=O)CCCNC(=O)N1C[C@@H]2CCC[C@@]2(C(=O)O)C1. The summed E-state index contributed by atoms with van der Waals surface area (Å²) in [5, 5.41) is 12.3. The summed E-state index contributed by atoms with van der Waals surface area (Å²) in [5.41, 5.74) is -0.738. The standard InChI is InChI=1S/C15H25N3O4/c1-17(2)12(19)6-4-8-16-14(22)18-9-11-5-3-7-15(11,10-18)13(20)21/h11H,3-10H2,1-2H3,(H,16,22)(H,20,21)/t11-,15+/m0/s1. The van der Waals surface area contributed by atoms with Gasteiger partial charge in [-0.2, -0.15) is 0 Å². The summed E-state index contributed by atoms with van der Waals surface area (Å²) in [6.45, 7) is 1.25. The number of fused-ring (bicyclic) bond motifs is 1. The maximum absolute atomic E-state index is 12.1. The molecule has 2 rings (SSSR count). The maximum atomic E-state index is 12.1. The Bertz CT molecular complexity index is 466. The molecule has 0 spiro atoms. The molecule has 124 valence electrons. The lowest BCUT2D eigenvalue weighted by molar-refractivity contribution is -0.149. The third-order valence-electron chi connectivity index (χ3n) is 4.93. The van der Waals surface area contributed by atoms with Crippen LogP contribution >= 0.6 is 0 Å². The van der Waals surface area contributed by atoms with E-state index in [1.807, 2.05) is 0 Å². The lowest BCUT2D eigenvalue weighted by Crippen LogP contribution is -2.42. The van der Waals surface area contributed by atoms with Gasteiger partial charge in [0.1, 0.15) is 0 Å². The molecule has 0 unspecified atom stereocenters. The molecule has 2 atom stereocenters. The molecular formula is C15H25N3O4. The number of nitrogens with one attached hydrogen (secondary N) is 1. The van der Waals surface area contributed by atoms with Gasteiger partial charge in [0.05, 0.1) is 5.41 Å². The predicted octanol–water partition coefficient (Wildman–Crippen LogP) is 0.751. The van der Waals surface area contributed by atoms with Crippen molar-refractivity contribution in [3.63, 3.8) is 0 Å². The van der Waals surface area contributed by atoms with Crippen molar-refractivity contribution in [1.29, 1.82) is 0 Å². The highest BCUT2D eigenvalue weighted by Gasteiger charge is 2.55. The summed E-state index contributed by atoms with van der Waals surface area (Å²) in [6, 6.07) is -0.215. The van der Waals surface area contributed by atoms with E-state index >= 15 is 0 Å². The van der Waals surface area contributed by atoms with Gasteiger partial charge in [0.2, 0.25) is 5.91 Å². The van der Waals surface area contributed by atoms with E-state index in [1.165, 1.54) is 4.90 Å². The van der Waals surface area contributed by atoms with E-state index < -0.39 is 11.4 Å². The van der Waals surface area contributed by atoms with Crippen molar-refractivity contribution in [2.45, 2.75) is 32.1 Å². The first kappa shape index (κ1) is 16.6. The fourth-order valence-corrected chi connectivity index (χ4v) is 3.56. The van der Waals surface area contributed by atoms with E-state index in [0.29, 0.717) is 38.9 Å². The normalized spacial score (nSPS) is 26.6. The summed E-state index contributed by atoms with van der Waals surface area (Å²) in [4.78, 5) is 38.3. The molecule has 0 radical (unpaired) electrons. The van der Waals surface area contributed by atoms with Crippen LogP contribution in [0.5, 0.6) is 0 Å². The number of carboxylic acid groups (broad SMARTS) is 1. The van der Waals surface area contributed by atoms with Crippen LogP contribution in [-0.4, -0.2) is 66.5 Å². The first-order valence-corrected chi connectivity index (χ1v) is 7.83. The number of carbonyl (C=O) groups excluding carboxylic acids is 2. The molecule has 0 bridgehead atoms. The molecule has 1 aliphatic carbocycles. The smallest absolute Gasteiger partial charge is 0.317 e. The summed E-state index contributed by atoms with van der Waals surface area (Å²) in [6.07, 6.45) is 3.46. The van der Waals surface area contributed by atoms with Crippen LogP contribution < -0.4 is 5.32 Å². The predicted molar refractivity (Wildman–Crippen MR) is 80.3 cm³/mol. The second-order valence-corrected chi connectivity index (χ2v) is 6.55. The molecule has 0 aromatic rings. The summed E-state index contributed by atoms with van der Waals surface area (Å²) >= 11 is 0. The van der Waals surface area contributed by atoms with Crippen molar-refractivity contribution >= 4 is 17.9 Å². The van der Waals surface area contributed by atoms with E-state index in [9.17, 15) is 19.5 Å². The van der Waals surface area contributed by atoms with E-state index in [2.05, 4.69) is 5.32 Å². The van der Waals surface area contributed by atoms with Gasteiger partial charge in [0.25, 0.3) is 0 Å². The third kappa shape index (κ3) is 3.18. The number of amides is 3. The minimum Gasteiger partial charge on any atom is -0.481 e. The average Bonchev–Trinajstić information content (AvgIpc) is 3.00. The highest BCUT2D eigenvalue weighted by Crippen LogP contribution is 2.48. The molecule has 1 heterocycles. The Morgan fingerprint density at radius 1 is 1.36 bits per heavy atom. The van der Waals surface area contributed by atoms with Crippen molar-refractivity contribution in [1.82, 2.24) is 15.1 Å². The Morgan fingerprint density at radius 3 is 2.68 bits per heavy atom. The van der Waals surface area contributed by atoms with Crippen LogP contribution in [0, 0.1) is 11.3 Å². The van der Waals surface area contributed by atoms with Crippen LogP contribution in [-0.2, 0) is 9.59 Å². The number of hydrogen-bond acceptors (Lipinski definition) is 3. The molecule has 0 aromatic carbocycles. The second-order valence-electron chi connectivity index (χ2n) is 6.55. The number of carboxylic acids is 1. The van der Waals surface area contributed by atoms with Gasteiger partial charge in [-0.1, -0.05) is 6.42 Å². The topological polar surface area (TPSA) is 90.0 Å². The second kappa shape index (κ2) is 6.54. The lowest BCUT2D eigenvalue weighted by atomic mass is 9.81. The molecule has 3 amide bonds. The molecule has 1 aliphatic heterocycles. The first-order valence-electron chi connectivity index (χ1n) is 7.83. The molecule has 2 fully saturated rings. The molecule has 2 aliphatic rings. The number of nitrogens with zero attached hydrogens (tertiary/aromatic N) is 2. The zero-order chi connectivity index (χ0) is 16.3. The van der Waals surface area contributed by atoms with Crippen LogP contribution in [0.1, 0.15) is 32.1 Å². The van der Waals surface area contributed by atoms with Gasteiger partial charge in [-0.15, -0.1) is 0 Å². The fourth-order valence-electron chi connectivity index (χ4n) is 3.56. The largest absolute Gasteiger partial charge is 0.481 e. The Labute approximate surface area is 130 Å². The average molecular weight is 311 g/mol. The van der Waals surface area contributed by atoms with Crippen LogP contribution in [0.2, 0.25) is 0 Å². The molecule has 7 nitrogen and oxygen atoms in total.